The fourth-order valence-corrected chi connectivity index (χ4v) is 0.500. The van der Waals surface area contributed by atoms with E-state index in [0.29, 0.717) is 6.54 Å². The van der Waals surface area contributed by atoms with Crippen molar-refractivity contribution >= 4 is 18.4 Å². The molecule has 3 N–H and O–H groups in total. The fourth-order valence-electron chi connectivity index (χ4n) is 0.500. The summed E-state index contributed by atoms with van der Waals surface area (Å²) in [4.78, 5) is 10.3. The molecule has 4 nitrogen and oxygen atoms in total. The van der Waals surface area contributed by atoms with Gasteiger partial charge in [-0.2, -0.15) is 0 Å². The Bertz CT molecular complexity index is 148. The molecule has 0 aliphatic rings. The number of nitrogens with one attached hydrogen (secondary N) is 2. The maximum atomic E-state index is 10.3. The molecule has 5 heteroatoms. The van der Waals surface area contributed by atoms with Gasteiger partial charge in [-0.15, -0.1) is 12.4 Å². The summed E-state index contributed by atoms with van der Waals surface area (Å²) in [5.41, 5.74) is 0.217. The maximum Gasteiger partial charge on any atom is 0.351 e. The molecule has 0 bridgehead atoms. The van der Waals surface area contributed by atoms with E-state index in [9.17, 15) is 4.79 Å². The molecule has 0 aromatic carbocycles. The lowest BCUT2D eigenvalue weighted by molar-refractivity contribution is -0.133. The minimum Gasteiger partial charge on any atom is -0.477 e. The Morgan fingerprint density at radius 2 is 2.09 bits per heavy atom. The molecule has 0 rings (SSSR count). The number of hydrogen-bond acceptors (Lipinski definition) is 3. The summed E-state index contributed by atoms with van der Waals surface area (Å²) in [5, 5.41) is 13.8. The molecular weight excluding hydrogens is 168 g/mol. The van der Waals surface area contributed by atoms with E-state index in [4.69, 9.17) is 5.11 Å². The summed E-state index contributed by atoms with van der Waals surface area (Å²) in [6.45, 7) is 0.558. The fraction of sp³-hybridized carbons (Fsp3) is 0.500. The highest BCUT2D eigenvalue weighted by Gasteiger charge is 2.00. The van der Waals surface area contributed by atoms with Gasteiger partial charge in [0.05, 0.1) is 0 Å². The molecule has 0 heterocycles. The van der Waals surface area contributed by atoms with Gasteiger partial charge >= 0.3 is 5.97 Å². The number of halogens is 1. The largest absolute Gasteiger partial charge is 0.477 e. The normalized spacial score (nSPS) is 10.2. The van der Waals surface area contributed by atoms with Gasteiger partial charge in [0.15, 0.2) is 0 Å². The summed E-state index contributed by atoms with van der Waals surface area (Å²) in [7, 11) is 3.33. The second-order valence-electron chi connectivity index (χ2n) is 1.73. The highest BCUT2D eigenvalue weighted by Crippen LogP contribution is 1.84. The van der Waals surface area contributed by atoms with Crippen molar-refractivity contribution in [3.05, 3.63) is 11.8 Å². The van der Waals surface area contributed by atoms with Crippen molar-refractivity contribution < 1.29 is 9.90 Å². The first-order valence-corrected chi connectivity index (χ1v) is 2.98. The van der Waals surface area contributed by atoms with Crippen molar-refractivity contribution in [3.8, 4) is 0 Å². The molecule has 11 heavy (non-hydrogen) atoms. The third-order valence-electron chi connectivity index (χ3n) is 1.01. The second kappa shape index (κ2) is 7.37. The molecule has 0 fully saturated rings. The van der Waals surface area contributed by atoms with Crippen LogP contribution in [0.3, 0.4) is 0 Å². The van der Waals surface area contributed by atoms with Crippen molar-refractivity contribution in [2.75, 3.05) is 20.6 Å². The molecule has 0 aromatic heterocycles. The van der Waals surface area contributed by atoms with Crippen LogP contribution < -0.4 is 10.6 Å². The van der Waals surface area contributed by atoms with Crippen LogP contribution in [0.15, 0.2) is 11.8 Å². The molecule has 66 valence electrons. The lowest BCUT2D eigenvalue weighted by Gasteiger charge is -1.98. The van der Waals surface area contributed by atoms with Crippen LogP contribution in [-0.2, 0) is 4.79 Å². The van der Waals surface area contributed by atoms with Gasteiger partial charge in [0, 0.05) is 13.6 Å². The van der Waals surface area contributed by atoms with E-state index in [1.54, 1.807) is 20.2 Å². The van der Waals surface area contributed by atoms with E-state index >= 15 is 0 Å². The van der Waals surface area contributed by atoms with Crippen LogP contribution in [0.5, 0.6) is 0 Å². The summed E-state index contributed by atoms with van der Waals surface area (Å²) < 4.78 is 0. The van der Waals surface area contributed by atoms with Gasteiger partial charge in [-0.05, 0) is 13.1 Å². The van der Waals surface area contributed by atoms with Crippen LogP contribution in [0.2, 0.25) is 0 Å². The van der Waals surface area contributed by atoms with E-state index in [-0.39, 0.29) is 18.1 Å². The Balaban J connectivity index is 0. The number of aliphatic carboxylic acids is 1. The Morgan fingerprint density at radius 1 is 1.55 bits per heavy atom. The molecule has 0 saturated carbocycles. The lowest BCUT2D eigenvalue weighted by Crippen LogP contribution is -2.18. The molecule has 0 saturated heterocycles. The average molecular weight is 181 g/mol. The monoisotopic (exact) mass is 180 g/mol. The van der Waals surface area contributed by atoms with Crippen LogP contribution in [0.4, 0.5) is 0 Å². The molecule has 0 amide bonds. The molecule has 0 radical (unpaired) electrons. The highest BCUT2D eigenvalue weighted by atomic mass is 35.5. The smallest absolute Gasteiger partial charge is 0.351 e. The first-order valence-electron chi connectivity index (χ1n) is 2.98. The van der Waals surface area contributed by atoms with Gasteiger partial charge in [0.2, 0.25) is 0 Å². The molecule has 0 aromatic rings. The molecular formula is C6H13ClN2O2. The maximum absolute atomic E-state index is 10.3. The third kappa shape index (κ3) is 5.69. The molecule has 0 aliphatic carbocycles. The number of carbonyl (C=O) groups is 1. The SMILES string of the molecule is CNCC=C(NC)C(=O)O.Cl. The summed E-state index contributed by atoms with van der Waals surface area (Å²) in [6.07, 6.45) is 1.57. The van der Waals surface area contributed by atoms with Crippen LogP contribution >= 0.6 is 12.4 Å². The van der Waals surface area contributed by atoms with Crippen LogP contribution in [0.25, 0.3) is 0 Å². The van der Waals surface area contributed by atoms with Crippen molar-refractivity contribution in [2.45, 2.75) is 0 Å². The van der Waals surface area contributed by atoms with Gasteiger partial charge in [-0.1, -0.05) is 0 Å². The zero-order valence-corrected chi connectivity index (χ0v) is 7.36. The predicted molar refractivity (Wildman–Crippen MR) is 46.0 cm³/mol. The minimum absolute atomic E-state index is 0. The van der Waals surface area contributed by atoms with E-state index in [0.717, 1.165) is 0 Å². The van der Waals surface area contributed by atoms with E-state index in [1.807, 2.05) is 0 Å². The van der Waals surface area contributed by atoms with Crippen molar-refractivity contribution in [1.82, 2.24) is 10.6 Å². The highest BCUT2D eigenvalue weighted by molar-refractivity contribution is 5.85. The predicted octanol–water partition coefficient (Wildman–Crippen LogP) is -0.184. The molecule has 0 unspecified atom stereocenters. The Labute approximate surface area is 72.1 Å². The van der Waals surface area contributed by atoms with Crippen molar-refractivity contribution in [1.29, 1.82) is 0 Å². The van der Waals surface area contributed by atoms with Gasteiger partial charge in [0.1, 0.15) is 5.70 Å². The third-order valence-corrected chi connectivity index (χ3v) is 1.01. The van der Waals surface area contributed by atoms with Gasteiger partial charge in [-0.3, -0.25) is 0 Å². The lowest BCUT2D eigenvalue weighted by atomic mass is 10.4. The zero-order valence-electron chi connectivity index (χ0n) is 6.55. The molecule has 0 aliphatic heterocycles. The first-order chi connectivity index (χ1) is 4.72. The minimum atomic E-state index is -0.933. The van der Waals surface area contributed by atoms with Gasteiger partial charge in [-0.25, -0.2) is 4.79 Å². The van der Waals surface area contributed by atoms with Crippen LogP contribution in [-0.4, -0.2) is 31.7 Å². The van der Waals surface area contributed by atoms with Crippen molar-refractivity contribution in [3.63, 3.8) is 0 Å². The number of rotatable bonds is 4. The van der Waals surface area contributed by atoms with E-state index in [2.05, 4.69) is 10.6 Å². The standard InChI is InChI=1S/C6H12N2O2.ClH/c1-7-4-3-5(8-2)6(9)10;/h3,7-8H,4H2,1-2H3,(H,9,10);1H. The number of carboxylic acid groups (broad SMARTS) is 1. The zero-order chi connectivity index (χ0) is 7.98. The number of likely N-dealkylation sites (N-methyl/N-ethyl adjacent to an activating group) is 2. The summed E-state index contributed by atoms with van der Waals surface area (Å²) in [6, 6.07) is 0. The van der Waals surface area contributed by atoms with Crippen molar-refractivity contribution in [2.24, 2.45) is 0 Å². The summed E-state index contributed by atoms with van der Waals surface area (Å²) >= 11 is 0. The quantitative estimate of drug-likeness (QED) is 0.526. The van der Waals surface area contributed by atoms with Gasteiger partial charge in [0.25, 0.3) is 0 Å². The van der Waals surface area contributed by atoms with Crippen LogP contribution in [0.1, 0.15) is 0 Å². The number of hydrogen-bond donors (Lipinski definition) is 3. The Morgan fingerprint density at radius 3 is 2.36 bits per heavy atom. The second-order valence-corrected chi connectivity index (χ2v) is 1.73. The van der Waals surface area contributed by atoms with Gasteiger partial charge < -0.3 is 15.7 Å². The van der Waals surface area contributed by atoms with Crippen LogP contribution in [0, 0.1) is 0 Å². The van der Waals surface area contributed by atoms with E-state index in [1.165, 1.54) is 0 Å². The Hall–Kier alpha value is -0.740. The average Bonchev–Trinajstić information content (AvgIpc) is 1.89. The summed E-state index contributed by atoms with van der Waals surface area (Å²) in [5.74, 6) is -0.933. The molecule has 0 atom stereocenters. The number of carboxylic acids is 1. The first kappa shape index (κ1) is 12.9. The Kier molecular flexibility index (Phi) is 8.64. The topological polar surface area (TPSA) is 61.4 Å². The van der Waals surface area contributed by atoms with E-state index < -0.39 is 5.97 Å². The molecule has 0 spiro atoms.